The summed E-state index contributed by atoms with van der Waals surface area (Å²) < 4.78 is 32.2. The molecular formula is C19H21ClN2O4S. The summed E-state index contributed by atoms with van der Waals surface area (Å²) >= 11 is 5.95. The van der Waals surface area contributed by atoms with Gasteiger partial charge in [-0.3, -0.25) is 4.79 Å². The monoisotopic (exact) mass is 408 g/mol. The van der Waals surface area contributed by atoms with Crippen molar-refractivity contribution < 1.29 is 17.9 Å². The second kappa shape index (κ2) is 8.29. The van der Waals surface area contributed by atoms with E-state index in [1.165, 1.54) is 23.5 Å². The standard InChI is InChI=1S/C19H21ClN2O4S/c1-26-18-8-7-16(27(24,25)22-9-2-3-10-22)13-17(18)21-19(23)12-14-5-4-6-15(20)11-14/h4-8,11,13H,2-3,9-10,12H2,1H3,(H,21,23). The summed E-state index contributed by atoms with van der Waals surface area (Å²) in [7, 11) is -2.11. The number of carbonyl (C=O) groups is 1. The third kappa shape index (κ3) is 4.61. The summed E-state index contributed by atoms with van der Waals surface area (Å²) in [6, 6.07) is 11.5. The van der Waals surface area contributed by atoms with Gasteiger partial charge >= 0.3 is 0 Å². The van der Waals surface area contributed by atoms with Crippen LogP contribution in [0.4, 0.5) is 5.69 Å². The molecule has 2 aromatic rings. The number of sulfonamides is 1. The number of carbonyl (C=O) groups excluding carboxylic acids is 1. The lowest BCUT2D eigenvalue weighted by Crippen LogP contribution is -2.28. The van der Waals surface area contributed by atoms with E-state index in [0.717, 1.165) is 18.4 Å². The summed E-state index contributed by atoms with van der Waals surface area (Å²) in [4.78, 5) is 12.6. The SMILES string of the molecule is COc1ccc(S(=O)(=O)N2CCCC2)cc1NC(=O)Cc1cccc(Cl)c1. The Labute approximate surface area is 164 Å². The maximum atomic E-state index is 12.8. The molecule has 27 heavy (non-hydrogen) atoms. The molecule has 8 heteroatoms. The van der Waals surface area contributed by atoms with Crippen molar-refractivity contribution in [3.8, 4) is 5.75 Å². The Morgan fingerprint density at radius 2 is 1.93 bits per heavy atom. The molecule has 0 aliphatic carbocycles. The van der Waals surface area contributed by atoms with E-state index < -0.39 is 10.0 Å². The van der Waals surface area contributed by atoms with Crippen molar-refractivity contribution in [2.24, 2.45) is 0 Å². The Bertz CT molecular complexity index is 940. The molecule has 0 unspecified atom stereocenters. The number of hydrogen-bond donors (Lipinski definition) is 1. The summed E-state index contributed by atoms with van der Waals surface area (Å²) in [5, 5.41) is 3.29. The smallest absolute Gasteiger partial charge is 0.243 e. The fraction of sp³-hybridized carbons (Fsp3) is 0.316. The van der Waals surface area contributed by atoms with Crippen LogP contribution in [0.25, 0.3) is 0 Å². The highest BCUT2D eigenvalue weighted by atomic mass is 35.5. The Morgan fingerprint density at radius 1 is 1.19 bits per heavy atom. The van der Waals surface area contributed by atoms with Gasteiger partial charge in [-0.25, -0.2) is 8.42 Å². The molecule has 1 saturated heterocycles. The minimum Gasteiger partial charge on any atom is -0.495 e. The van der Waals surface area contributed by atoms with Crippen LogP contribution in [0.2, 0.25) is 5.02 Å². The van der Waals surface area contributed by atoms with E-state index in [1.54, 1.807) is 30.3 Å². The van der Waals surface area contributed by atoms with Gasteiger partial charge in [0.2, 0.25) is 15.9 Å². The topological polar surface area (TPSA) is 75.7 Å². The minimum absolute atomic E-state index is 0.118. The maximum absolute atomic E-state index is 12.8. The number of anilines is 1. The number of hydrogen-bond acceptors (Lipinski definition) is 4. The highest BCUT2D eigenvalue weighted by Crippen LogP contribution is 2.30. The predicted octanol–water partition coefficient (Wildman–Crippen LogP) is 3.31. The third-order valence-corrected chi connectivity index (χ3v) is 6.53. The van der Waals surface area contributed by atoms with Crippen LogP contribution in [0, 0.1) is 0 Å². The molecule has 0 radical (unpaired) electrons. The van der Waals surface area contributed by atoms with Crippen LogP contribution in [-0.4, -0.2) is 38.8 Å². The Balaban J connectivity index is 1.82. The van der Waals surface area contributed by atoms with E-state index in [2.05, 4.69) is 5.32 Å². The van der Waals surface area contributed by atoms with Gasteiger partial charge in [0, 0.05) is 18.1 Å². The molecule has 3 rings (SSSR count). The lowest BCUT2D eigenvalue weighted by molar-refractivity contribution is -0.115. The van der Waals surface area contributed by atoms with Crippen LogP contribution in [0.3, 0.4) is 0 Å². The quantitative estimate of drug-likeness (QED) is 0.795. The number of halogens is 1. The number of methoxy groups -OCH3 is 1. The van der Waals surface area contributed by atoms with Crippen LogP contribution in [0.15, 0.2) is 47.4 Å². The van der Waals surface area contributed by atoms with Crippen molar-refractivity contribution in [2.45, 2.75) is 24.2 Å². The fourth-order valence-electron chi connectivity index (χ4n) is 3.05. The Hall–Kier alpha value is -2.09. The Kier molecular flexibility index (Phi) is 6.04. The molecule has 2 aromatic carbocycles. The van der Waals surface area contributed by atoms with Crippen LogP contribution in [0.5, 0.6) is 5.75 Å². The van der Waals surface area contributed by atoms with E-state index in [9.17, 15) is 13.2 Å². The number of nitrogens with one attached hydrogen (secondary N) is 1. The van der Waals surface area contributed by atoms with Crippen molar-refractivity contribution in [3.63, 3.8) is 0 Å². The van der Waals surface area contributed by atoms with Gasteiger partial charge in [-0.15, -0.1) is 0 Å². The summed E-state index contributed by atoms with van der Waals surface area (Å²) in [6.45, 7) is 1.04. The zero-order valence-corrected chi connectivity index (χ0v) is 16.5. The average molecular weight is 409 g/mol. The first kappa shape index (κ1) is 19.7. The van der Waals surface area contributed by atoms with Gasteiger partial charge in [0.25, 0.3) is 0 Å². The first-order chi connectivity index (χ1) is 12.9. The van der Waals surface area contributed by atoms with Crippen molar-refractivity contribution in [2.75, 3.05) is 25.5 Å². The molecule has 1 aliphatic heterocycles. The van der Waals surface area contributed by atoms with Gasteiger partial charge in [0.1, 0.15) is 5.75 Å². The Morgan fingerprint density at radius 3 is 2.59 bits per heavy atom. The molecule has 1 aliphatic rings. The summed E-state index contributed by atoms with van der Waals surface area (Å²) in [5.74, 6) is 0.112. The highest BCUT2D eigenvalue weighted by Gasteiger charge is 2.28. The zero-order valence-electron chi connectivity index (χ0n) is 14.9. The number of benzene rings is 2. The highest BCUT2D eigenvalue weighted by molar-refractivity contribution is 7.89. The molecule has 0 spiro atoms. The third-order valence-electron chi connectivity index (χ3n) is 4.40. The average Bonchev–Trinajstić information content (AvgIpc) is 3.17. The number of rotatable bonds is 6. The predicted molar refractivity (Wildman–Crippen MR) is 105 cm³/mol. The molecule has 0 bridgehead atoms. The molecule has 1 heterocycles. The molecule has 144 valence electrons. The molecule has 1 amide bonds. The lowest BCUT2D eigenvalue weighted by Gasteiger charge is -2.17. The number of ether oxygens (including phenoxy) is 1. The lowest BCUT2D eigenvalue weighted by atomic mass is 10.1. The second-order valence-electron chi connectivity index (χ2n) is 6.33. The molecule has 1 N–H and O–H groups in total. The molecule has 0 aromatic heterocycles. The van der Waals surface area contributed by atoms with Crippen molar-refractivity contribution in [1.82, 2.24) is 4.31 Å². The minimum atomic E-state index is -3.58. The fourth-order valence-corrected chi connectivity index (χ4v) is 4.81. The van der Waals surface area contributed by atoms with Crippen LogP contribution in [-0.2, 0) is 21.2 Å². The normalized spacial score (nSPS) is 14.9. The summed E-state index contributed by atoms with van der Waals surface area (Å²) in [5.41, 5.74) is 1.09. The van der Waals surface area contributed by atoms with Gasteiger partial charge in [-0.1, -0.05) is 23.7 Å². The second-order valence-corrected chi connectivity index (χ2v) is 8.70. The molecular weight excluding hydrogens is 388 g/mol. The van der Waals surface area contributed by atoms with E-state index in [1.807, 2.05) is 0 Å². The van der Waals surface area contributed by atoms with Crippen molar-refractivity contribution in [3.05, 3.63) is 53.1 Å². The van der Waals surface area contributed by atoms with Gasteiger partial charge in [0.05, 0.1) is 24.1 Å². The first-order valence-electron chi connectivity index (χ1n) is 8.62. The first-order valence-corrected chi connectivity index (χ1v) is 10.4. The largest absolute Gasteiger partial charge is 0.495 e. The molecule has 0 saturated carbocycles. The van der Waals surface area contributed by atoms with Gasteiger partial charge in [0.15, 0.2) is 0 Å². The number of amides is 1. The van der Waals surface area contributed by atoms with Gasteiger partial charge in [-0.2, -0.15) is 4.31 Å². The molecule has 0 atom stereocenters. The van der Waals surface area contributed by atoms with Crippen molar-refractivity contribution in [1.29, 1.82) is 0 Å². The number of nitrogens with zero attached hydrogens (tertiary/aromatic N) is 1. The molecule has 6 nitrogen and oxygen atoms in total. The van der Waals surface area contributed by atoms with Crippen LogP contribution < -0.4 is 10.1 Å². The summed E-state index contributed by atoms with van der Waals surface area (Å²) in [6.07, 6.45) is 1.84. The van der Waals surface area contributed by atoms with E-state index in [0.29, 0.717) is 29.5 Å². The van der Waals surface area contributed by atoms with Gasteiger partial charge in [-0.05, 0) is 48.7 Å². The zero-order chi connectivity index (χ0) is 19.4. The maximum Gasteiger partial charge on any atom is 0.243 e. The van der Waals surface area contributed by atoms with E-state index in [-0.39, 0.29) is 17.2 Å². The van der Waals surface area contributed by atoms with Gasteiger partial charge < -0.3 is 10.1 Å². The van der Waals surface area contributed by atoms with E-state index in [4.69, 9.17) is 16.3 Å². The van der Waals surface area contributed by atoms with Crippen LogP contribution in [0.1, 0.15) is 18.4 Å². The molecule has 1 fully saturated rings. The van der Waals surface area contributed by atoms with Crippen LogP contribution >= 0.6 is 11.6 Å². The van der Waals surface area contributed by atoms with Crippen molar-refractivity contribution >= 4 is 33.2 Å². The van der Waals surface area contributed by atoms with E-state index >= 15 is 0 Å².